The predicted octanol–water partition coefficient (Wildman–Crippen LogP) is 2.55. The molecule has 1 atom stereocenters. The molecule has 0 bridgehead atoms. The normalized spacial score (nSPS) is 19.9. The minimum absolute atomic E-state index is 0.0840. The molecule has 1 heterocycles. The molecule has 100 valence electrons. The molecule has 0 spiro atoms. The smallest absolute Gasteiger partial charge is 0.238 e. The Balaban J connectivity index is 2.34. The van der Waals surface area contributed by atoms with Gasteiger partial charge in [-0.05, 0) is 24.3 Å². The van der Waals surface area contributed by atoms with E-state index in [2.05, 4.69) is 15.9 Å². The van der Waals surface area contributed by atoms with Crippen LogP contribution in [0.4, 0.5) is 5.69 Å². The van der Waals surface area contributed by atoms with Crippen molar-refractivity contribution in [2.75, 3.05) is 4.90 Å². The van der Waals surface area contributed by atoms with Crippen LogP contribution in [0, 0.1) is 11.3 Å². The summed E-state index contributed by atoms with van der Waals surface area (Å²) in [5.41, 5.74) is -0.279. The molecule has 1 aliphatic heterocycles. The number of imide groups is 1. The maximum atomic E-state index is 12.3. The lowest BCUT2D eigenvalue weighted by Crippen LogP contribution is -2.35. The molecule has 5 heteroatoms. The Bertz CT molecular complexity index is 536. The number of carbonyl (C=O) groups excluding carboxylic acids is 3. The SMILES string of the molecule is CC(C)(C=O)C1CC(=O)N(c2ccc(Br)cc2)C1=O. The molecule has 4 nitrogen and oxygen atoms in total. The first-order valence-corrected chi connectivity index (χ1v) is 6.75. The maximum Gasteiger partial charge on any atom is 0.238 e. The van der Waals surface area contributed by atoms with Crippen LogP contribution in [0.3, 0.4) is 0 Å². The molecule has 1 aromatic carbocycles. The number of amides is 2. The van der Waals surface area contributed by atoms with Gasteiger partial charge in [0.25, 0.3) is 0 Å². The summed E-state index contributed by atoms with van der Waals surface area (Å²) in [6.45, 7) is 3.36. The predicted molar refractivity (Wildman–Crippen MR) is 74.6 cm³/mol. The van der Waals surface area contributed by atoms with Gasteiger partial charge in [-0.1, -0.05) is 29.8 Å². The van der Waals surface area contributed by atoms with E-state index in [1.54, 1.807) is 38.1 Å². The zero-order chi connectivity index (χ0) is 14.2. The Morgan fingerprint density at radius 1 is 1.26 bits per heavy atom. The molecule has 0 aliphatic carbocycles. The number of halogens is 1. The standard InChI is InChI=1S/C14H14BrNO3/c1-14(2,8-17)11-7-12(18)16(13(11)19)10-5-3-9(15)4-6-10/h3-6,8,11H,7H2,1-2H3. The van der Waals surface area contributed by atoms with Crippen LogP contribution in [0.25, 0.3) is 0 Å². The quantitative estimate of drug-likeness (QED) is 0.634. The van der Waals surface area contributed by atoms with Gasteiger partial charge in [0.05, 0.1) is 11.6 Å². The Hall–Kier alpha value is -1.49. The first kappa shape index (κ1) is 13.9. The van der Waals surface area contributed by atoms with Crippen molar-refractivity contribution in [3.05, 3.63) is 28.7 Å². The fraction of sp³-hybridized carbons (Fsp3) is 0.357. The Kier molecular flexibility index (Phi) is 3.58. The highest BCUT2D eigenvalue weighted by atomic mass is 79.9. The molecule has 1 saturated heterocycles. The minimum Gasteiger partial charge on any atom is -0.303 e. The van der Waals surface area contributed by atoms with Gasteiger partial charge in [-0.15, -0.1) is 0 Å². The molecule has 2 rings (SSSR count). The number of nitrogens with zero attached hydrogens (tertiary/aromatic N) is 1. The van der Waals surface area contributed by atoms with Gasteiger partial charge in [0, 0.05) is 16.3 Å². The largest absolute Gasteiger partial charge is 0.303 e. The summed E-state index contributed by atoms with van der Waals surface area (Å²) in [5.74, 6) is -1.14. The molecule has 1 aliphatic rings. The van der Waals surface area contributed by atoms with Crippen molar-refractivity contribution in [2.24, 2.45) is 11.3 Å². The number of anilines is 1. The van der Waals surface area contributed by atoms with Crippen LogP contribution < -0.4 is 4.90 Å². The number of aldehydes is 1. The highest BCUT2D eigenvalue weighted by Gasteiger charge is 2.47. The van der Waals surface area contributed by atoms with Crippen LogP contribution in [0.1, 0.15) is 20.3 Å². The third-order valence-corrected chi connectivity index (χ3v) is 3.96. The molecule has 1 fully saturated rings. The molecule has 2 amide bonds. The lowest BCUT2D eigenvalue weighted by molar-refractivity contribution is -0.129. The fourth-order valence-electron chi connectivity index (χ4n) is 2.16. The first-order chi connectivity index (χ1) is 8.86. The second-order valence-corrected chi connectivity index (χ2v) is 6.16. The third-order valence-electron chi connectivity index (χ3n) is 3.43. The summed E-state index contributed by atoms with van der Waals surface area (Å²) in [6.07, 6.45) is 0.828. The van der Waals surface area contributed by atoms with Crippen molar-refractivity contribution in [2.45, 2.75) is 20.3 Å². The van der Waals surface area contributed by atoms with Gasteiger partial charge < -0.3 is 4.79 Å². The van der Waals surface area contributed by atoms with E-state index in [0.717, 1.165) is 10.8 Å². The van der Waals surface area contributed by atoms with Gasteiger partial charge in [0.15, 0.2) is 0 Å². The van der Waals surface area contributed by atoms with E-state index in [9.17, 15) is 14.4 Å². The average Bonchev–Trinajstić information content (AvgIpc) is 2.67. The molecule has 1 unspecified atom stereocenters. The van der Waals surface area contributed by atoms with Crippen molar-refractivity contribution in [1.82, 2.24) is 0 Å². The number of hydrogen-bond donors (Lipinski definition) is 0. The summed E-state index contributed by atoms with van der Waals surface area (Å²) in [6, 6.07) is 6.95. The van der Waals surface area contributed by atoms with Gasteiger partial charge in [-0.25, -0.2) is 0 Å². The molecule has 0 radical (unpaired) electrons. The number of carbonyl (C=O) groups is 3. The second kappa shape index (κ2) is 4.89. The molecule has 0 aromatic heterocycles. The van der Waals surface area contributed by atoms with Crippen LogP contribution in [0.2, 0.25) is 0 Å². The minimum atomic E-state index is -0.823. The monoisotopic (exact) mass is 323 g/mol. The van der Waals surface area contributed by atoms with Crippen LogP contribution in [-0.2, 0) is 14.4 Å². The molecule has 0 saturated carbocycles. The third kappa shape index (κ3) is 2.47. The second-order valence-electron chi connectivity index (χ2n) is 5.24. The van der Waals surface area contributed by atoms with Crippen molar-refractivity contribution >= 4 is 39.7 Å². The molecule has 1 aromatic rings. The number of hydrogen-bond acceptors (Lipinski definition) is 3. The van der Waals surface area contributed by atoms with E-state index in [4.69, 9.17) is 0 Å². The number of benzene rings is 1. The Morgan fingerprint density at radius 2 is 1.84 bits per heavy atom. The van der Waals surface area contributed by atoms with Crippen LogP contribution in [0.15, 0.2) is 28.7 Å². The van der Waals surface area contributed by atoms with E-state index in [0.29, 0.717) is 5.69 Å². The van der Waals surface area contributed by atoms with E-state index in [-0.39, 0.29) is 18.2 Å². The van der Waals surface area contributed by atoms with Gasteiger partial charge in [0.2, 0.25) is 11.8 Å². The topological polar surface area (TPSA) is 54.5 Å². The van der Waals surface area contributed by atoms with E-state index in [1.165, 1.54) is 4.90 Å². The van der Waals surface area contributed by atoms with Crippen LogP contribution in [0.5, 0.6) is 0 Å². The highest BCUT2D eigenvalue weighted by molar-refractivity contribution is 9.10. The Labute approximate surface area is 119 Å². The summed E-state index contributed by atoms with van der Waals surface area (Å²) in [4.78, 5) is 36.6. The van der Waals surface area contributed by atoms with Crippen molar-refractivity contribution in [3.8, 4) is 0 Å². The van der Waals surface area contributed by atoms with Gasteiger partial charge in [-0.2, -0.15) is 0 Å². The van der Waals surface area contributed by atoms with E-state index >= 15 is 0 Å². The van der Waals surface area contributed by atoms with Crippen molar-refractivity contribution in [3.63, 3.8) is 0 Å². The molecular formula is C14H14BrNO3. The lowest BCUT2D eigenvalue weighted by Gasteiger charge is -2.23. The van der Waals surface area contributed by atoms with E-state index < -0.39 is 11.3 Å². The fourth-order valence-corrected chi connectivity index (χ4v) is 2.42. The highest BCUT2D eigenvalue weighted by Crippen LogP contribution is 2.36. The Morgan fingerprint density at radius 3 is 2.37 bits per heavy atom. The number of rotatable bonds is 3. The zero-order valence-corrected chi connectivity index (χ0v) is 12.3. The van der Waals surface area contributed by atoms with Crippen LogP contribution in [-0.4, -0.2) is 18.1 Å². The van der Waals surface area contributed by atoms with E-state index in [1.807, 2.05) is 0 Å². The van der Waals surface area contributed by atoms with Crippen molar-refractivity contribution < 1.29 is 14.4 Å². The van der Waals surface area contributed by atoms with Crippen LogP contribution >= 0.6 is 15.9 Å². The summed E-state index contributed by atoms with van der Waals surface area (Å²) in [7, 11) is 0. The van der Waals surface area contributed by atoms with Gasteiger partial charge in [0.1, 0.15) is 6.29 Å². The lowest BCUT2D eigenvalue weighted by atomic mass is 9.79. The molecule has 19 heavy (non-hydrogen) atoms. The average molecular weight is 324 g/mol. The summed E-state index contributed by atoms with van der Waals surface area (Å²) < 4.78 is 0.875. The van der Waals surface area contributed by atoms with Gasteiger partial charge >= 0.3 is 0 Å². The molecular weight excluding hydrogens is 310 g/mol. The van der Waals surface area contributed by atoms with Crippen molar-refractivity contribution in [1.29, 1.82) is 0 Å². The molecule has 0 N–H and O–H groups in total. The summed E-state index contributed by atoms with van der Waals surface area (Å²) in [5, 5.41) is 0. The first-order valence-electron chi connectivity index (χ1n) is 5.95. The maximum absolute atomic E-state index is 12.3. The zero-order valence-electron chi connectivity index (χ0n) is 10.7. The summed E-state index contributed by atoms with van der Waals surface area (Å²) >= 11 is 3.30. The van der Waals surface area contributed by atoms with Gasteiger partial charge in [-0.3, -0.25) is 14.5 Å².